The second kappa shape index (κ2) is 5.01. The molecule has 3 aromatic rings. The summed E-state index contributed by atoms with van der Waals surface area (Å²) in [5.41, 5.74) is 7.84. The minimum atomic E-state index is 0.357. The van der Waals surface area contributed by atoms with E-state index in [1.54, 1.807) is 19.2 Å². The maximum Gasteiger partial charge on any atom is 0.260 e. The molecular weight excluding hydrogens is 322 g/mol. The number of nitrogen functional groups attached to an aromatic ring is 1. The van der Waals surface area contributed by atoms with Crippen molar-refractivity contribution in [2.75, 3.05) is 5.73 Å². The van der Waals surface area contributed by atoms with Gasteiger partial charge in [0, 0.05) is 10.7 Å². The number of nitrogens with two attached hydrogens (primary N) is 1. The molecule has 0 aliphatic rings. The largest absolute Gasteiger partial charge is 0.397 e. The Labute approximate surface area is 123 Å². The Morgan fingerprint density at radius 2 is 2.05 bits per heavy atom. The molecule has 7 heteroatoms. The Kier molecular flexibility index (Phi) is 3.19. The van der Waals surface area contributed by atoms with Crippen LogP contribution in [0.25, 0.3) is 23.0 Å². The molecule has 0 radical (unpaired) electrons. The van der Waals surface area contributed by atoms with E-state index in [1.165, 1.54) is 0 Å². The average molecular weight is 332 g/mol. The first-order valence-corrected chi connectivity index (χ1v) is 6.62. The van der Waals surface area contributed by atoms with Crippen LogP contribution in [0.15, 0.2) is 39.5 Å². The molecule has 20 heavy (non-hydrogen) atoms. The number of aryl methyl sites for hydroxylation is 1. The molecule has 0 amide bonds. The van der Waals surface area contributed by atoms with Gasteiger partial charge in [-0.1, -0.05) is 11.2 Å². The first-order valence-electron chi connectivity index (χ1n) is 5.83. The van der Waals surface area contributed by atoms with Crippen LogP contribution in [0.3, 0.4) is 0 Å². The molecule has 6 nitrogen and oxygen atoms in total. The lowest BCUT2D eigenvalue weighted by Crippen LogP contribution is -1.92. The van der Waals surface area contributed by atoms with Crippen LogP contribution in [0, 0.1) is 6.92 Å². The molecule has 3 rings (SSSR count). The lowest BCUT2D eigenvalue weighted by molar-refractivity contribution is 0.432. The minimum Gasteiger partial charge on any atom is -0.397 e. The number of nitrogens with zero attached hydrogens (tertiary/aromatic N) is 4. The maximum absolute atomic E-state index is 5.99. The first-order chi connectivity index (χ1) is 9.65. The summed E-state index contributed by atoms with van der Waals surface area (Å²) in [5.74, 6) is 1.41. The van der Waals surface area contributed by atoms with E-state index >= 15 is 0 Å². The van der Waals surface area contributed by atoms with Gasteiger partial charge >= 0.3 is 0 Å². The van der Waals surface area contributed by atoms with Gasteiger partial charge in [0.2, 0.25) is 5.82 Å². The normalized spacial score (nSPS) is 10.7. The number of hydrogen-bond donors (Lipinski definition) is 1. The smallest absolute Gasteiger partial charge is 0.260 e. The van der Waals surface area contributed by atoms with Crippen LogP contribution in [-0.4, -0.2) is 20.1 Å². The zero-order valence-corrected chi connectivity index (χ0v) is 12.1. The summed E-state index contributed by atoms with van der Waals surface area (Å²) >= 11 is 3.37. The monoisotopic (exact) mass is 331 g/mol. The van der Waals surface area contributed by atoms with Gasteiger partial charge in [0.15, 0.2) is 0 Å². The molecule has 0 bridgehead atoms. The summed E-state index contributed by atoms with van der Waals surface area (Å²) < 4.78 is 6.04. The Morgan fingerprint density at radius 3 is 2.85 bits per heavy atom. The molecule has 0 aliphatic heterocycles. The fourth-order valence-corrected chi connectivity index (χ4v) is 2.11. The summed E-state index contributed by atoms with van der Waals surface area (Å²) in [6.45, 7) is 1.80. The van der Waals surface area contributed by atoms with Crippen LogP contribution in [0.1, 0.15) is 5.82 Å². The molecule has 0 saturated heterocycles. The third-order valence-electron chi connectivity index (χ3n) is 2.71. The van der Waals surface area contributed by atoms with Crippen molar-refractivity contribution in [2.45, 2.75) is 6.92 Å². The van der Waals surface area contributed by atoms with Gasteiger partial charge in [-0.2, -0.15) is 4.98 Å². The van der Waals surface area contributed by atoms with Crippen LogP contribution in [0.2, 0.25) is 0 Å². The predicted octanol–water partition coefficient (Wildman–Crippen LogP) is 2.85. The fourth-order valence-electron chi connectivity index (χ4n) is 1.74. The van der Waals surface area contributed by atoms with Gasteiger partial charge in [-0.3, -0.25) is 0 Å². The van der Waals surface area contributed by atoms with Crippen LogP contribution >= 0.6 is 15.9 Å². The van der Waals surface area contributed by atoms with E-state index in [0.717, 1.165) is 4.47 Å². The molecule has 0 atom stereocenters. The Balaban J connectivity index is 2.04. The van der Waals surface area contributed by atoms with Crippen molar-refractivity contribution in [1.29, 1.82) is 0 Å². The number of aromatic nitrogens is 4. The fraction of sp³-hybridized carbons (Fsp3) is 0.0769. The van der Waals surface area contributed by atoms with Crippen molar-refractivity contribution in [1.82, 2.24) is 20.1 Å². The van der Waals surface area contributed by atoms with Crippen LogP contribution in [0.4, 0.5) is 5.69 Å². The van der Waals surface area contributed by atoms with E-state index in [9.17, 15) is 0 Å². The third kappa shape index (κ3) is 2.27. The van der Waals surface area contributed by atoms with Crippen LogP contribution in [0.5, 0.6) is 0 Å². The lowest BCUT2D eigenvalue weighted by Gasteiger charge is -2.01. The van der Waals surface area contributed by atoms with Crippen molar-refractivity contribution < 1.29 is 4.52 Å². The SMILES string of the molecule is Cc1nccc(-c2noc(-c3cccc(Br)c3N)n2)n1. The van der Waals surface area contributed by atoms with Gasteiger partial charge in [0.1, 0.15) is 11.5 Å². The topological polar surface area (TPSA) is 90.7 Å². The highest BCUT2D eigenvalue weighted by atomic mass is 79.9. The highest BCUT2D eigenvalue weighted by Crippen LogP contribution is 2.31. The van der Waals surface area contributed by atoms with E-state index in [2.05, 4.69) is 36.0 Å². The summed E-state index contributed by atoms with van der Waals surface area (Å²) in [4.78, 5) is 12.6. The van der Waals surface area contributed by atoms with Crippen molar-refractivity contribution >= 4 is 21.6 Å². The number of halogens is 1. The summed E-state index contributed by atoms with van der Waals surface area (Å²) in [5, 5.41) is 3.93. The first kappa shape index (κ1) is 12.7. The van der Waals surface area contributed by atoms with Crippen LogP contribution < -0.4 is 5.73 Å². The molecule has 2 heterocycles. The van der Waals surface area contributed by atoms with Crippen LogP contribution in [-0.2, 0) is 0 Å². The van der Waals surface area contributed by atoms with Crippen molar-refractivity contribution in [3.05, 3.63) is 40.8 Å². The number of para-hydroxylation sites is 1. The summed E-state index contributed by atoms with van der Waals surface area (Å²) in [6.07, 6.45) is 1.65. The molecule has 0 spiro atoms. The van der Waals surface area contributed by atoms with E-state index in [1.807, 2.05) is 18.2 Å². The van der Waals surface area contributed by atoms with Crippen molar-refractivity contribution in [3.8, 4) is 23.0 Å². The second-order valence-corrected chi connectivity index (χ2v) is 4.97. The number of benzene rings is 1. The van der Waals surface area contributed by atoms with Gasteiger partial charge in [-0.15, -0.1) is 0 Å². The Bertz CT molecular complexity index is 771. The summed E-state index contributed by atoms with van der Waals surface area (Å²) in [6, 6.07) is 7.26. The highest BCUT2D eigenvalue weighted by Gasteiger charge is 2.15. The third-order valence-corrected chi connectivity index (χ3v) is 3.41. The highest BCUT2D eigenvalue weighted by molar-refractivity contribution is 9.10. The average Bonchev–Trinajstić information content (AvgIpc) is 2.91. The Hall–Kier alpha value is -2.28. The van der Waals surface area contributed by atoms with E-state index in [-0.39, 0.29) is 0 Å². The van der Waals surface area contributed by atoms with Gasteiger partial charge in [0.05, 0.1) is 11.3 Å². The molecule has 2 aromatic heterocycles. The van der Waals surface area contributed by atoms with Gasteiger partial charge < -0.3 is 10.3 Å². The predicted molar refractivity (Wildman–Crippen MR) is 77.6 cm³/mol. The molecular formula is C13H10BrN5O. The van der Waals surface area contributed by atoms with Gasteiger partial charge in [-0.05, 0) is 41.1 Å². The number of rotatable bonds is 2. The number of anilines is 1. The zero-order valence-electron chi connectivity index (χ0n) is 10.5. The number of hydrogen-bond acceptors (Lipinski definition) is 6. The molecule has 0 saturated carbocycles. The second-order valence-electron chi connectivity index (χ2n) is 4.11. The Morgan fingerprint density at radius 1 is 1.20 bits per heavy atom. The molecule has 0 aliphatic carbocycles. The van der Waals surface area contributed by atoms with E-state index < -0.39 is 0 Å². The molecule has 1 aromatic carbocycles. The maximum atomic E-state index is 5.99. The van der Waals surface area contributed by atoms with Crippen molar-refractivity contribution in [2.24, 2.45) is 0 Å². The van der Waals surface area contributed by atoms with E-state index in [0.29, 0.717) is 34.5 Å². The lowest BCUT2D eigenvalue weighted by atomic mass is 10.2. The summed E-state index contributed by atoms with van der Waals surface area (Å²) in [7, 11) is 0. The van der Waals surface area contributed by atoms with Gasteiger partial charge in [0.25, 0.3) is 5.89 Å². The van der Waals surface area contributed by atoms with Gasteiger partial charge in [-0.25, -0.2) is 9.97 Å². The quantitative estimate of drug-likeness (QED) is 0.726. The molecule has 2 N–H and O–H groups in total. The molecule has 0 fully saturated rings. The molecule has 0 unspecified atom stereocenters. The van der Waals surface area contributed by atoms with E-state index in [4.69, 9.17) is 10.3 Å². The molecule has 100 valence electrons. The minimum absolute atomic E-state index is 0.357. The zero-order chi connectivity index (χ0) is 14.1. The van der Waals surface area contributed by atoms with Crippen molar-refractivity contribution in [3.63, 3.8) is 0 Å². The standard InChI is InChI=1S/C13H10BrN5O/c1-7-16-6-5-10(17-7)12-18-13(20-19-12)8-3-2-4-9(14)11(8)15/h2-6H,15H2,1H3.